The molecule has 5 aromatic rings. The number of benzene rings is 5. The van der Waals surface area contributed by atoms with Crippen LogP contribution in [0.3, 0.4) is 0 Å². The molecule has 0 fully saturated rings. The third-order valence-corrected chi connectivity index (χ3v) is 8.65. The smallest absolute Gasteiger partial charge is 0.0140 e. The van der Waals surface area contributed by atoms with Crippen molar-refractivity contribution in [1.29, 1.82) is 0 Å². The van der Waals surface area contributed by atoms with E-state index in [-0.39, 0.29) is 17.3 Å². The van der Waals surface area contributed by atoms with E-state index in [0.29, 0.717) is 0 Å². The normalized spacial score (nSPS) is 18.3. The lowest BCUT2D eigenvalue weighted by atomic mass is 9.67. The van der Waals surface area contributed by atoms with E-state index in [9.17, 15) is 0 Å². The molecule has 194 valence electrons. The van der Waals surface area contributed by atoms with Gasteiger partial charge in [0.15, 0.2) is 0 Å². The van der Waals surface area contributed by atoms with Crippen molar-refractivity contribution >= 4 is 21.9 Å². The minimum absolute atomic E-state index is 0.0831. The summed E-state index contributed by atoms with van der Waals surface area (Å²) in [5, 5.41) is 5.31. The van der Waals surface area contributed by atoms with Gasteiger partial charge in [-0.25, -0.2) is 0 Å². The molecule has 0 aliphatic heterocycles. The monoisotopic (exact) mass is 514 g/mol. The van der Waals surface area contributed by atoms with Crippen LogP contribution in [-0.4, -0.2) is 0 Å². The van der Waals surface area contributed by atoms with E-state index in [4.69, 9.17) is 0 Å². The molecule has 0 nitrogen and oxygen atoms in total. The average molecular weight is 515 g/mol. The van der Waals surface area contributed by atoms with Gasteiger partial charge < -0.3 is 0 Å². The molecular formula is C40H34. The van der Waals surface area contributed by atoms with Crippen molar-refractivity contribution in [3.63, 3.8) is 0 Å². The van der Waals surface area contributed by atoms with Gasteiger partial charge in [-0.3, -0.25) is 0 Å². The third kappa shape index (κ3) is 4.16. The quantitative estimate of drug-likeness (QED) is 0.226. The lowest BCUT2D eigenvalue weighted by molar-refractivity contribution is 0.502. The molecule has 7 rings (SSSR count). The van der Waals surface area contributed by atoms with Gasteiger partial charge in [-0.05, 0) is 65.6 Å². The van der Waals surface area contributed by atoms with Crippen LogP contribution in [-0.2, 0) is 0 Å². The van der Waals surface area contributed by atoms with E-state index in [1.54, 1.807) is 0 Å². The molecule has 40 heavy (non-hydrogen) atoms. The third-order valence-electron chi connectivity index (χ3n) is 8.65. The number of hydrogen-bond donors (Lipinski definition) is 0. The predicted molar refractivity (Wildman–Crippen MR) is 170 cm³/mol. The first-order chi connectivity index (χ1) is 19.5. The summed E-state index contributed by atoms with van der Waals surface area (Å²) in [7, 11) is 0. The highest BCUT2D eigenvalue weighted by Crippen LogP contribution is 2.45. The van der Waals surface area contributed by atoms with E-state index in [1.807, 2.05) is 0 Å². The summed E-state index contributed by atoms with van der Waals surface area (Å²) < 4.78 is 0. The first-order valence-corrected chi connectivity index (χ1v) is 14.4. The Labute approximate surface area is 237 Å². The first kappa shape index (κ1) is 24.6. The van der Waals surface area contributed by atoms with E-state index in [1.165, 1.54) is 60.2 Å². The van der Waals surface area contributed by atoms with Crippen LogP contribution in [0.5, 0.6) is 0 Å². The maximum Gasteiger partial charge on any atom is 0.0140 e. The zero-order valence-corrected chi connectivity index (χ0v) is 23.4. The second kappa shape index (κ2) is 9.65. The highest BCUT2D eigenvalue weighted by Gasteiger charge is 2.35. The van der Waals surface area contributed by atoms with Crippen molar-refractivity contribution in [1.82, 2.24) is 0 Å². The van der Waals surface area contributed by atoms with Crippen molar-refractivity contribution in [3.8, 4) is 11.1 Å². The molecule has 5 aromatic carbocycles. The molecule has 0 saturated heterocycles. The fraction of sp³-hybridized carbons (Fsp3) is 0.150. The zero-order valence-electron chi connectivity index (χ0n) is 23.4. The Morgan fingerprint density at radius 2 is 1.10 bits per heavy atom. The minimum atomic E-state index is 0.0831. The fourth-order valence-electron chi connectivity index (χ4n) is 6.64. The molecule has 0 aromatic heterocycles. The Bertz CT molecular complexity index is 1900. The van der Waals surface area contributed by atoms with Crippen molar-refractivity contribution in [3.05, 3.63) is 167 Å². The molecule has 2 aliphatic carbocycles. The van der Waals surface area contributed by atoms with E-state index in [0.717, 1.165) is 0 Å². The summed E-state index contributed by atoms with van der Waals surface area (Å²) in [5.41, 5.74) is 9.50. The standard InChI is InChI=1S/C40H34/c1-40(2,3)31-24-25-36-37(26-31)39(33-19-11-15-29-14-7-8-16-32(29)33)35-18-10-9-17-34(35)38(36)30-22-20-28(21-23-30)27-12-5-4-6-13-27/h4-26,36-37H,1-3H3. The molecule has 0 heterocycles. The van der Waals surface area contributed by atoms with Gasteiger partial charge in [0.05, 0.1) is 0 Å². The molecule has 2 unspecified atom stereocenters. The number of allylic oxidation sites excluding steroid dienone is 4. The first-order valence-electron chi connectivity index (χ1n) is 14.4. The second-order valence-corrected chi connectivity index (χ2v) is 12.1. The molecule has 0 heteroatoms. The van der Waals surface area contributed by atoms with Gasteiger partial charge in [0, 0.05) is 11.8 Å². The topological polar surface area (TPSA) is 0 Å². The highest BCUT2D eigenvalue weighted by molar-refractivity contribution is 5.96. The van der Waals surface area contributed by atoms with E-state index in [2.05, 4.69) is 160 Å². The second-order valence-electron chi connectivity index (χ2n) is 12.1. The van der Waals surface area contributed by atoms with Gasteiger partial charge >= 0.3 is 0 Å². The Morgan fingerprint density at radius 1 is 0.500 bits per heavy atom. The van der Waals surface area contributed by atoms with Gasteiger partial charge in [0.1, 0.15) is 0 Å². The summed E-state index contributed by atoms with van der Waals surface area (Å²) in [5.74, 6) is 0.515. The highest BCUT2D eigenvalue weighted by atomic mass is 14.4. The van der Waals surface area contributed by atoms with Gasteiger partial charge in [-0.15, -0.1) is 0 Å². The summed E-state index contributed by atoms with van der Waals surface area (Å²) in [6.45, 7) is 6.97. The fourth-order valence-corrected chi connectivity index (χ4v) is 6.64. The number of rotatable bonds is 3. The molecule has 0 spiro atoms. The Balaban J connectivity index is 1.53. The Hall–Kier alpha value is -4.42. The van der Waals surface area contributed by atoms with Crippen molar-refractivity contribution < 1.29 is 0 Å². The van der Waals surface area contributed by atoms with Crippen LogP contribution in [0.4, 0.5) is 0 Å². The zero-order chi connectivity index (χ0) is 27.3. The number of fused-ring (bicyclic) bond motifs is 3. The molecule has 2 atom stereocenters. The Kier molecular flexibility index (Phi) is 5.93. The summed E-state index contributed by atoms with van der Waals surface area (Å²) >= 11 is 0. The van der Waals surface area contributed by atoms with Crippen LogP contribution in [0.15, 0.2) is 145 Å². The predicted octanol–water partition coefficient (Wildman–Crippen LogP) is 8.69. The molecular weight excluding hydrogens is 480 g/mol. The van der Waals surface area contributed by atoms with Gasteiger partial charge in [-0.2, -0.15) is 0 Å². The summed E-state index contributed by atoms with van der Waals surface area (Å²) in [4.78, 5) is 0. The minimum Gasteiger partial charge on any atom is -0.0758 e. The van der Waals surface area contributed by atoms with Crippen molar-refractivity contribution in [2.75, 3.05) is 0 Å². The van der Waals surface area contributed by atoms with Crippen LogP contribution < -0.4 is 10.4 Å². The van der Waals surface area contributed by atoms with E-state index < -0.39 is 0 Å². The molecule has 0 bridgehead atoms. The molecule has 0 amide bonds. The lowest BCUT2D eigenvalue weighted by Gasteiger charge is -2.37. The molecule has 2 aliphatic rings. The van der Waals surface area contributed by atoms with E-state index >= 15 is 0 Å². The maximum atomic E-state index is 2.57. The van der Waals surface area contributed by atoms with Gasteiger partial charge in [0.25, 0.3) is 0 Å². The summed E-state index contributed by atoms with van der Waals surface area (Å²) in [6, 6.07) is 44.5. The molecule has 0 N–H and O–H groups in total. The maximum absolute atomic E-state index is 2.57. The lowest BCUT2D eigenvalue weighted by Crippen LogP contribution is -2.40. The van der Waals surface area contributed by atoms with Crippen molar-refractivity contribution in [2.45, 2.75) is 20.8 Å². The Morgan fingerprint density at radius 3 is 1.85 bits per heavy atom. The van der Waals surface area contributed by atoms with Crippen LogP contribution in [0.2, 0.25) is 0 Å². The van der Waals surface area contributed by atoms with Gasteiger partial charge in [0.2, 0.25) is 0 Å². The van der Waals surface area contributed by atoms with Crippen LogP contribution in [0.1, 0.15) is 31.9 Å². The van der Waals surface area contributed by atoms with Gasteiger partial charge in [-0.1, -0.05) is 160 Å². The largest absolute Gasteiger partial charge is 0.0758 e. The average Bonchev–Trinajstić information content (AvgIpc) is 2.99. The van der Waals surface area contributed by atoms with Crippen LogP contribution in [0, 0.1) is 17.3 Å². The summed E-state index contributed by atoms with van der Waals surface area (Å²) in [6.07, 6.45) is 7.43. The SMILES string of the molecule is CC(C)(C)C1=CC2C(c3cccc4ccccc34)=c3ccccc3=C(c3ccc(-c4ccccc4)cc3)C2C=C1. The molecule has 0 radical (unpaired) electrons. The number of hydrogen-bond acceptors (Lipinski definition) is 0. The van der Waals surface area contributed by atoms with Crippen LogP contribution >= 0.6 is 0 Å². The van der Waals surface area contributed by atoms with Crippen LogP contribution in [0.25, 0.3) is 33.0 Å². The van der Waals surface area contributed by atoms with Crippen molar-refractivity contribution in [2.24, 2.45) is 17.3 Å². The molecule has 0 saturated carbocycles.